The topological polar surface area (TPSA) is 125 Å². The molecule has 162 valence electrons. The number of carbonyl (C=O) groups excluding carboxylic acids is 2. The third-order valence-corrected chi connectivity index (χ3v) is 5.51. The summed E-state index contributed by atoms with van der Waals surface area (Å²) >= 11 is 0. The first-order valence-corrected chi connectivity index (χ1v) is 10.6. The lowest BCUT2D eigenvalue weighted by Crippen LogP contribution is -2.21. The number of anilines is 2. The Bertz CT molecular complexity index is 1300. The molecule has 3 aromatic rings. The van der Waals surface area contributed by atoms with Crippen molar-refractivity contribution in [1.82, 2.24) is 0 Å². The molecule has 3 aromatic carbocycles. The smallest absolute Gasteiger partial charge is 0.338 e. The number of amides is 1. The minimum absolute atomic E-state index is 0.0859. The van der Waals surface area contributed by atoms with Gasteiger partial charge < -0.3 is 10.1 Å². The molecule has 2 N–H and O–H groups in total. The van der Waals surface area contributed by atoms with Crippen molar-refractivity contribution in [2.45, 2.75) is 4.90 Å². The summed E-state index contributed by atoms with van der Waals surface area (Å²) in [5.41, 5.74) is 0.584. The van der Waals surface area contributed by atoms with Crippen molar-refractivity contribution < 1.29 is 27.1 Å². The third-order valence-electron chi connectivity index (χ3n) is 4.13. The number of benzene rings is 3. The van der Waals surface area contributed by atoms with E-state index in [2.05, 4.69) is 10.0 Å². The van der Waals surface area contributed by atoms with Crippen molar-refractivity contribution in [1.29, 1.82) is 5.26 Å². The number of rotatable bonds is 7. The standard InChI is InChI=1S/C22H16FN3O5S/c23-17-8-10-18(11-9-17)26-32(29,30)19-6-3-5-15(12-19)22(28)31-14-21(27)25-20-7-2-1-4-16(20)13-24/h1-12,26H,14H2,(H,25,27). The van der Waals surface area contributed by atoms with Crippen LogP contribution >= 0.6 is 0 Å². The van der Waals surface area contributed by atoms with Gasteiger partial charge in [0.2, 0.25) is 0 Å². The summed E-state index contributed by atoms with van der Waals surface area (Å²) in [7, 11) is -4.05. The average Bonchev–Trinajstić information content (AvgIpc) is 2.79. The van der Waals surface area contributed by atoms with Crippen LogP contribution in [0.3, 0.4) is 0 Å². The molecule has 1 amide bonds. The van der Waals surface area contributed by atoms with Crippen LogP contribution in [-0.2, 0) is 19.6 Å². The van der Waals surface area contributed by atoms with Crippen LogP contribution in [0.5, 0.6) is 0 Å². The minimum Gasteiger partial charge on any atom is -0.452 e. The molecular weight excluding hydrogens is 437 g/mol. The summed E-state index contributed by atoms with van der Waals surface area (Å²) in [5.74, 6) is -2.09. The molecule has 0 heterocycles. The lowest BCUT2D eigenvalue weighted by Gasteiger charge is -2.10. The maximum atomic E-state index is 13.0. The maximum absolute atomic E-state index is 13.0. The van der Waals surface area contributed by atoms with Crippen molar-refractivity contribution in [3.8, 4) is 6.07 Å². The number of hydrogen-bond donors (Lipinski definition) is 2. The summed E-state index contributed by atoms with van der Waals surface area (Å²) in [5, 5.41) is 11.5. The molecule has 32 heavy (non-hydrogen) atoms. The van der Waals surface area contributed by atoms with Gasteiger partial charge in [-0.05, 0) is 54.6 Å². The van der Waals surface area contributed by atoms with Gasteiger partial charge in [-0.3, -0.25) is 9.52 Å². The molecule has 0 bridgehead atoms. The maximum Gasteiger partial charge on any atom is 0.338 e. The Kier molecular flexibility index (Phi) is 6.82. The number of carbonyl (C=O) groups is 2. The van der Waals surface area contributed by atoms with Crippen LogP contribution in [-0.4, -0.2) is 26.9 Å². The summed E-state index contributed by atoms with van der Waals surface area (Å²) in [6, 6.07) is 18.0. The van der Waals surface area contributed by atoms with Gasteiger partial charge in [-0.25, -0.2) is 17.6 Å². The predicted octanol–water partition coefficient (Wildman–Crippen LogP) is 3.29. The monoisotopic (exact) mass is 453 g/mol. The molecule has 0 saturated heterocycles. The van der Waals surface area contributed by atoms with Crippen molar-refractivity contribution >= 4 is 33.3 Å². The molecule has 0 atom stereocenters. The second-order valence-corrected chi connectivity index (χ2v) is 8.10. The summed E-state index contributed by atoms with van der Waals surface area (Å²) < 4.78 is 45.3. The second-order valence-electron chi connectivity index (χ2n) is 6.42. The van der Waals surface area contributed by atoms with E-state index in [1.165, 1.54) is 42.5 Å². The highest BCUT2D eigenvalue weighted by atomic mass is 32.2. The number of ether oxygens (including phenoxy) is 1. The molecule has 8 nitrogen and oxygen atoms in total. The van der Waals surface area contributed by atoms with Gasteiger partial charge in [0.15, 0.2) is 6.61 Å². The molecular formula is C22H16FN3O5S. The zero-order valence-electron chi connectivity index (χ0n) is 16.4. The van der Waals surface area contributed by atoms with Crippen LogP contribution in [0.25, 0.3) is 0 Å². The van der Waals surface area contributed by atoms with E-state index in [4.69, 9.17) is 10.00 Å². The number of hydrogen-bond acceptors (Lipinski definition) is 6. The first-order valence-electron chi connectivity index (χ1n) is 9.13. The molecule has 0 aliphatic carbocycles. The van der Waals surface area contributed by atoms with Crippen LogP contribution in [0.4, 0.5) is 15.8 Å². The Labute approximate surface area is 183 Å². The normalized spacial score (nSPS) is 10.6. The van der Waals surface area contributed by atoms with Crippen LogP contribution in [0.1, 0.15) is 15.9 Å². The molecule has 0 unspecified atom stereocenters. The van der Waals surface area contributed by atoms with E-state index in [0.717, 1.165) is 18.2 Å². The van der Waals surface area contributed by atoms with Crippen molar-refractivity contribution in [2.75, 3.05) is 16.6 Å². The van der Waals surface area contributed by atoms with E-state index in [1.54, 1.807) is 12.1 Å². The number of para-hydroxylation sites is 1. The largest absolute Gasteiger partial charge is 0.452 e. The molecule has 0 aliphatic rings. The van der Waals surface area contributed by atoms with Crippen LogP contribution < -0.4 is 10.0 Å². The summed E-state index contributed by atoms with van der Waals surface area (Å²) in [6.07, 6.45) is 0. The van der Waals surface area contributed by atoms with Crippen molar-refractivity contribution in [2.24, 2.45) is 0 Å². The highest BCUT2D eigenvalue weighted by molar-refractivity contribution is 7.92. The molecule has 0 fully saturated rings. The quantitative estimate of drug-likeness (QED) is 0.529. The van der Waals surface area contributed by atoms with Crippen molar-refractivity contribution in [3.05, 3.63) is 89.7 Å². The molecule has 0 radical (unpaired) electrons. The van der Waals surface area contributed by atoms with Gasteiger partial charge in [0.25, 0.3) is 15.9 Å². The van der Waals surface area contributed by atoms with E-state index in [-0.39, 0.29) is 27.4 Å². The number of nitrogens with zero attached hydrogens (tertiary/aromatic N) is 1. The Morgan fingerprint density at radius 2 is 1.72 bits per heavy atom. The highest BCUT2D eigenvalue weighted by Gasteiger charge is 2.18. The Hall–Kier alpha value is -4.23. The first-order chi connectivity index (χ1) is 15.3. The minimum atomic E-state index is -4.05. The Balaban J connectivity index is 1.65. The van der Waals surface area contributed by atoms with E-state index < -0.39 is 34.3 Å². The molecule has 0 saturated carbocycles. The van der Waals surface area contributed by atoms with Gasteiger partial charge in [-0.1, -0.05) is 18.2 Å². The SMILES string of the molecule is N#Cc1ccccc1NC(=O)COC(=O)c1cccc(S(=O)(=O)Nc2ccc(F)cc2)c1. The van der Waals surface area contributed by atoms with E-state index in [0.29, 0.717) is 0 Å². The fourth-order valence-electron chi connectivity index (χ4n) is 2.61. The lowest BCUT2D eigenvalue weighted by molar-refractivity contribution is -0.119. The fourth-order valence-corrected chi connectivity index (χ4v) is 3.72. The highest BCUT2D eigenvalue weighted by Crippen LogP contribution is 2.18. The van der Waals surface area contributed by atoms with Crippen LogP contribution in [0.2, 0.25) is 0 Å². The predicted molar refractivity (Wildman–Crippen MR) is 114 cm³/mol. The first kappa shape index (κ1) is 22.5. The van der Waals surface area contributed by atoms with E-state index >= 15 is 0 Å². The van der Waals surface area contributed by atoms with E-state index in [9.17, 15) is 22.4 Å². The Morgan fingerprint density at radius 3 is 2.44 bits per heavy atom. The summed E-state index contributed by atoms with van der Waals surface area (Å²) in [4.78, 5) is 24.1. The van der Waals surface area contributed by atoms with Crippen LogP contribution in [0, 0.1) is 17.1 Å². The Morgan fingerprint density at radius 1 is 1.00 bits per heavy atom. The third kappa shape index (κ3) is 5.68. The fraction of sp³-hybridized carbons (Fsp3) is 0.0455. The number of nitriles is 1. The molecule has 0 aromatic heterocycles. The van der Waals surface area contributed by atoms with Crippen molar-refractivity contribution in [3.63, 3.8) is 0 Å². The summed E-state index contributed by atoms with van der Waals surface area (Å²) in [6.45, 7) is -0.636. The van der Waals surface area contributed by atoms with Crippen LogP contribution in [0.15, 0.2) is 77.7 Å². The molecule has 0 spiro atoms. The zero-order valence-corrected chi connectivity index (χ0v) is 17.2. The number of esters is 1. The van der Waals surface area contributed by atoms with Gasteiger partial charge in [0, 0.05) is 5.69 Å². The van der Waals surface area contributed by atoms with Gasteiger partial charge in [-0.15, -0.1) is 0 Å². The number of halogens is 1. The van der Waals surface area contributed by atoms with E-state index in [1.807, 2.05) is 6.07 Å². The number of sulfonamides is 1. The number of nitrogens with one attached hydrogen (secondary N) is 2. The molecule has 3 rings (SSSR count). The van der Waals surface area contributed by atoms with Gasteiger partial charge >= 0.3 is 5.97 Å². The lowest BCUT2D eigenvalue weighted by atomic mass is 10.2. The molecule has 0 aliphatic heterocycles. The average molecular weight is 453 g/mol. The van der Waals surface area contributed by atoms with Gasteiger partial charge in [-0.2, -0.15) is 5.26 Å². The zero-order chi connectivity index (χ0) is 23.1. The second kappa shape index (κ2) is 9.72. The van der Waals surface area contributed by atoms with Gasteiger partial charge in [0.1, 0.15) is 11.9 Å². The van der Waals surface area contributed by atoms with Gasteiger partial charge in [0.05, 0.1) is 21.7 Å². The molecule has 10 heteroatoms.